The van der Waals surface area contributed by atoms with E-state index in [2.05, 4.69) is 15.6 Å². The number of methoxy groups -OCH3 is 1. The van der Waals surface area contributed by atoms with Gasteiger partial charge in [-0.15, -0.1) is 11.3 Å². The van der Waals surface area contributed by atoms with E-state index in [1.165, 1.54) is 0 Å². The number of ether oxygens (including phenoxy) is 1. The summed E-state index contributed by atoms with van der Waals surface area (Å²) in [6, 6.07) is 22.2. The first-order valence-corrected chi connectivity index (χ1v) is 15.9. The number of carbonyl (C=O) groups excluding carboxylic acids is 2. The number of aliphatic hydroxyl groups excluding tert-OH is 1. The number of hydrogen-bond donors (Lipinski definition) is 3. The fourth-order valence-electron chi connectivity index (χ4n) is 5.69. The molecule has 2 heterocycles. The molecule has 1 saturated heterocycles. The minimum atomic E-state index is -0.859. The molecule has 3 aromatic carbocycles. The first-order valence-electron chi connectivity index (χ1n) is 15.0. The lowest BCUT2D eigenvalue weighted by atomic mass is 9.99. The normalized spacial score (nSPS) is 16.0. The molecular weight excluding hydrogens is 572 g/mol. The van der Waals surface area contributed by atoms with Gasteiger partial charge in [0.15, 0.2) is 0 Å². The Morgan fingerprint density at radius 2 is 1.82 bits per heavy atom. The monoisotopic (exact) mass is 612 g/mol. The van der Waals surface area contributed by atoms with E-state index >= 15 is 0 Å². The maximum absolute atomic E-state index is 13.7. The second kappa shape index (κ2) is 14.6. The summed E-state index contributed by atoms with van der Waals surface area (Å²) in [6.07, 6.45) is 1.39. The first kappa shape index (κ1) is 31.4. The number of hydrogen-bond acceptors (Lipinski definition) is 7. The number of aryl methyl sites for hydroxylation is 2. The molecule has 44 heavy (non-hydrogen) atoms. The molecule has 8 nitrogen and oxygen atoms in total. The lowest BCUT2D eigenvalue weighted by molar-refractivity contribution is 0.0735. The number of nitrogens with one attached hydrogen (secondary N) is 2. The van der Waals surface area contributed by atoms with Gasteiger partial charge in [0.05, 0.1) is 25.3 Å². The van der Waals surface area contributed by atoms with Gasteiger partial charge in [-0.2, -0.15) is 0 Å². The van der Waals surface area contributed by atoms with Crippen LogP contribution < -0.4 is 15.4 Å². The van der Waals surface area contributed by atoms with Crippen molar-refractivity contribution in [3.8, 4) is 5.75 Å². The lowest BCUT2D eigenvalue weighted by Gasteiger charge is -2.26. The molecule has 5 rings (SSSR count). The van der Waals surface area contributed by atoms with Gasteiger partial charge in [-0.05, 0) is 80.1 Å². The van der Waals surface area contributed by atoms with Crippen LogP contribution in [-0.4, -0.2) is 59.1 Å². The second-order valence-electron chi connectivity index (χ2n) is 11.4. The third-order valence-corrected chi connectivity index (χ3v) is 8.98. The number of amides is 2. The van der Waals surface area contributed by atoms with Crippen molar-refractivity contribution in [2.75, 3.05) is 20.2 Å². The summed E-state index contributed by atoms with van der Waals surface area (Å²) >= 11 is 1.59. The van der Waals surface area contributed by atoms with Crippen LogP contribution >= 0.6 is 11.3 Å². The topological polar surface area (TPSA) is 104 Å². The SMILES string of the molecule is COc1cccc(CNC[C@H](O)[C@H](Cc2ccccc2)NC(=O)c2cc(C)cc(C(=O)N3CCC[C@@H]3c3nc(C)cs3)c2)c1. The zero-order valence-electron chi connectivity index (χ0n) is 25.5. The van der Waals surface area contributed by atoms with Crippen LogP contribution in [0.1, 0.15) is 67.0 Å². The van der Waals surface area contributed by atoms with E-state index in [9.17, 15) is 14.7 Å². The Bertz CT molecular complexity index is 1570. The Morgan fingerprint density at radius 1 is 1.05 bits per heavy atom. The van der Waals surface area contributed by atoms with Gasteiger partial charge in [-0.25, -0.2) is 4.98 Å². The van der Waals surface area contributed by atoms with E-state index in [1.54, 1.807) is 30.6 Å². The highest BCUT2D eigenvalue weighted by atomic mass is 32.1. The highest BCUT2D eigenvalue weighted by molar-refractivity contribution is 7.09. The highest BCUT2D eigenvalue weighted by Crippen LogP contribution is 2.35. The van der Waals surface area contributed by atoms with Gasteiger partial charge in [-0.1, -0.05) is 42.5 Å². The third kappa shape index (κ3) is 7.91. The molecule has 0 spiro atoms. The van der Waals surface area contributed by atoms with Gasteiger partial charge in [0.25, 0.3) is 11.8 Å². The Hall–Kier alpha value is -4.05. The molecular formula is C35H40N4O4S. The number of benzene rings is 3. The molecule has 3 atom stereocenters. The molecule has 0 saturated carbocycles. The Kier molecular flexibility index (Phi) is 10.4. The van der Waals surface area contributed by atoms with Gasteiger partial charge in [0.1, 0.15) is 10.8 Å². The molecule has 0 bridgehead atoms. The van der Waals surface area contributed by atoms with Crippen molar-refractivity contribution < 1.29 is 19.4 Å². The zero-order chi connectivity index (χ0) is 31.1. The fourth-order valence-corrected chi connectivity index (χ4v) is 6.63. The first-order chi connectivity index (χ1) is 21.3. The van der Waals surface area contributed by atoms with Crippen LogP contribution in [0.3, 0.4) is 0 Å². The van der Waals surface area contributed by atoms with E-state index in [0.717, 1.165) is 46.0 Å². The van der Waals surface area contributed by atoms with E-state index in [0.29, 0.717) is 30.6 Å². The molecule has 3 N–H and O–H groups in total. The summed E-state index contributed by atoms with van der Waals surface area (Å²) in [5.74, 6) is 0.346. The van der Waals surface area contributed by atoms with Gasteiger partial charge >= 0.3 is 0 Å². The summed E-state index contributed by atoms with van der Waals surface area (Å²) in [6.45, 7) is 5.33. The van der Waals surface area contributed by atoms with Gasteiger partial charge in [0, 0.05) is 41.8 Å². The molecule has 0 radical (unpaired) electrons. The Labute approximate surface area is 263 Å². The fraction of sp³-hybridized carbons (Fsp3) is 0.343. The van der Waals surface area contributed by atoms with E-state index in [-0.39, 0.29) is 24.4 Å². The quantitative estimate of drug-likeness (QED) is 0.202. The van der Waals surface area contributed by atoms with Crippen molar-refractivity contribution in [3.63, 3.8) is 0 Å². The molecule has 4 aromatic rings. The number of likely N-dealkylation sites (tertiary alicyclic amines) is 1. The largest absolute Gasteiger partial charge is 0.497 e. The number of nitrogens with zero attached hydrogens (tertiary/aromatic N) is 2. The minimum absolute atomic E-state index is 0.0474. The van der Waals surface area contributed by atoms with Crippen LogP contribution in [0.5, 0.6) is 5.75 Å². The average molecular weight is 613 g/mol. The molecule has 2 amide bonds. The van der Waals surface area contributed by atoms with E-state index in [1.807, 2.05) is 84.8 Å². The van der Waals surface area contributed by atoms with Gasteiger partial charge in [0.2, 0.25) is 0 Å². The van der Waals surface area contributed by atoms with Crippen LogP contribution in [0.2, 0.25) is 0 Å². The van der Waals surface area contributed by atoms with Crippen molar-refractivity contribution in [1.29, 1.82) is 0 Å². The van der Waals surface area contributed by atoms with Crippen LogP contribution in [0.15, 0.2) is 78.2 Å². The average Bonchev–Trinajstić information content (AvgIpc) is 3.69. The molecule has 9 heteroatoms. The zero-order valence-corrected chi connectivity index (χ0v) is 26.3. The summed E-state index contributed by atoms with van der Waals surface area (Å²) < 4.78 is 5.31. The molecule has 1 aliphatic heterocycles. The summed E-state index contributed by atoms with van der Waals surface area (Å²) in [5.41, 5.74) is 4.69. The second-order valence-corrected chi connectivity index (χ2v) is 12.3. The summed E-state index contributed by atoms with van der Waals surface area (Å²) in [4.78, 5) is 33.9. The molecule has 230 valence electrons. The van der Waals surface area contributed by atoms with Crippen molar-refractivity contribution in [3.05, 3.63) is 117 Å². The van der Waals surface area contributed by atoms with Crippen molar-refractivity contribution in [1.82, 2.24) is 20.5 Å². The predicted molar refractivity (Wildman–Crippen MR) is 173 cm³/mol. The summed E-state index contributed by atoms with van der Waals surface area (Å²) in [5, 5.41) is 20.6. The molecule has 1 aromatic heterocycles. The van der Waals surface area contributed by atoms with Crippen molar-refractivity contribution in [2.24, 2.45) is 0 Å². The van der Waals surface area contributed by atoms with Crippen LogP contribution in [-0.2, 0) is 13.0 Å². The van der Waals surface area contributed by atoms with Gasteiger partial charge in [-0.3, -0.25) is 9.59 Å². The number of thiazole rings is 1. The minimum Gasteiger partial charge on any atom is -0.497 e. The van der Waals surface area contributed by atoms with E-state index < -0.39 is 12.1 Å². The predicted octanol–water partition coefficient (Wildman–Crippen LogP) is 5.24. The lowest BCUT2D eigenvalue weighted by Crippen LogP contribution is -2.48. The van der Waals surface area contributed by atoms with Crippen LogP contribution in [0, 0.1) is 13.8 Å². The smallest absolute Gasteiger partial charge is 0.254 e. The molecule has 0 unspecified atom stereocenters. The molecule has 0 aliphatic carbocycles. The molecule has 1 aliphatic rings. The molecule has 1 fully saturated rings. The highest BCUT2D eigenvalue weighted by Gasteiger charge is 2.33. The number of aromatic nitrogens is 1. The van der Waals surface area contributed by atoms with Crippen molar-refractivity contribution in [2.45, 2.75) is 57.8 Å². The van der Waals surface area contributed by atoms with Crippen molar-refractivity contribution >= 4 is 23.2 Å². The number of aliphatic hydroxyl groups is 1. The van der Waals surface area contributed by atoms with Crippen LogP contribution in [0.4, 0.5) is 0 Å². The third-order valence-electron chi connectivity index (χ3n) is 7.92. The van der Waals surface area contributed by atoms with E-state index in [4.69, 9.17) is 4.74 Å². The standard InChI is InChI=1S/C35H40N4O4S/c1-23-15-27(19-28(16-23)35(42)39-14-8-13-31(39)34-37-24(2)22-44-34)33(41)38-30(18-25-9-5-4-6-10-25)32(40)21-36-20-26-11-7-12-29(17-26)43-3/h4-7,9-12,15-17,19,22,30-32,36,40H,8,13-14,18,20-21H2,1-3H3,(H,38,41)/t30-,31+,32-/m0/s1. The van der Waals surface area contributed by atoms with Gasteiger partial charge < -0.3 is 25.4 Å². The number of rotatable bonds is 12. The Balaban J connectivity index is 1.30. The maximum Gasteiger partial charge on any atom is 0.254 e. The summed E-state index contributed by atoms with van der Waals surface area (Å²) in [7, 11) is 1.63. The Morgan fingerprint density at radius 3 is 2.57 bits per heavy atom. The van der Waals surface area contributed by atoms with Crippen LogP contribution in [0.25, 0.3) is 0 Å². The maximum atomic E-state index is 13.7. The number of carbonyl (C=O) groups is 2.